The highest BCUT2D eigenvalue weighted by molar-refractivity contribution is 6.31. The average molecular weight is 585 g/mol. The van der Waals surface area contributed by atoms with Crippen molar-refractivity contribution in [1.29, 1.82) is 0 Å². The minimum Gasteiger partial charge on any atom is -0.485 e. The van der Waals surface area contributed by atoms with Crippen LogP contribution < -0.4 is 9.47 Å². The normalized spacial score (nSPS) is 15.2. The maximum Gasteiger partial charge on any atom is 0.238 e. The van der Waals surface area contributed by atoms with Gasteiger partial charge in [0.25, 0.3) is 0 Å². The molecule has 6 rings (SSSR count). The summed E-state index contributed by atoms with van der Waals surface area (Å²) in [7, 11) is 0. The fourth-order valence-electron chi connectivity index (χ4n) is 5.45. The Labute approximate surface area is 249 Å². The molecule has 5 aromatic rings. The van der Waals surface area contributed by atoms with Crippen LogP contribution in [0.25, 0.3) is 21.7 Å². The van der Waals surface area contributed by atoms with Gasteiger partial charge in [0.1, 0.15) is 11.5 Å². The van der Waals surface area contributed by atoms with E-state index >= 15 is 0 Å². The number of ketones is 1. The molecule has 0 saturated carbocycles. The molecule has 8 nitrogen and oxygen atoms in total. The Balaban J connectivity index is 1.25. The van der Waals surface area contributed by atoms with Crippen molar-refractivity contribution < 1.29 is 19.4 Å². The van der Waals surface area contributed by atoms with Crippen LogP contribution in [0.2, 0.25) is 5.02 Å². The highest BCUT2D eigenvalue weighted by Crippen LogP contribution is 2.31. The van der Waals surface area contributed by atoms with Gasteiger partial charge in [-0.15, -0.1) is 5.10 Å². The van der Waals surface area contributed by atoms with Gasteiger partial charge in [0.05, 0.1) is 11.1 Å². The number of ether oxygens (including phenoxy) is 2. The van der Waals surface area contributed by atoms with Crippen molar-refractivity contribution in [2.24, 2.45) is 0 Å². The molecule has 0 radical (unpaired) electrons. The van der Waals surface area contributed by atoms with Crippen LogP contribution >= 0.6 is 11.6 Å². The zero-order chi connectivity index (χ0) is 29.3. The molecule has 1 fully saturated rings. The summed E-state index contributed by atoms with van der Waals surface area (Å²) in [6.45, 7) is 6.95. The minimum atomic E-state index is -0.598. The lowest BCUT2D eigenvalue weighted by Gasteiger charge is -2.35. The fraction of sp³-hybridized carbons (Fsp3) is 0.303. The van der Waals surface area contributed by atoms with Crippen molar-refractivity contribution in [3.63, 3.8) is 0 Å². The summed E-state index contributed by atoms with van der Waals surface area (Å²) in [6, 6.07) is 18.9. The molecule has 1 aliphatic heterocycles. The monoisotopic (exact) mass is 584 g/mol. The van der Waals surface area contributed by atoms with E-state index in [1.807, 2.05) is 68.6 Å². The maximum absolute atomic E-state index is 13.6. The molecule has 9 heteroatoms. The number of halogens is 1. The standard InChI is InChI=1S/C33H33ClN4O4/c1-22-16-24-17-25(34)6-5-23(24)18-31(22)41-21-30(39)28-20-38(15-14-37-12-9-33(2,40)10-13-37)29-19-26(7-8-27(28)29)42-32-4-3-11-35-36-32/h3-8,11,16-20,40H,9-10,12-15,21H2,1-2H3. The lowest BCUT2D eigenvalue weighted by molar-refractivity contribution is -0.00584. The maximum atomic E-state index is 13.6. The third kappa shape index (κ3) is 6.26. The van der Waals surface area contributed by atoms with Crippen LogP contribution in [0.5, 0.6) is 17.4 Å². The second-order valence-electron chi connectivity index (χ2n) is 11.2. The molecule has 0 aliphatic carbocycles. The molecule has 0 atom stereocenters. The molecule has 1 aliphatic rings. The number of carbonyl (C=O) groups excluding carboxylic acids is 1. The van der Waals surface area contributed by atoms with E-state index in [2.05, 4.69) is 19.7 Å². The summed E-state index contributed by atoms with van der Waals surface area (Å²) in [5.74, 6) is 1.57. The lowest BCUT2D eigenvalue weighted by Crippen LogP contribution is -2.43. The number of Topliss-reactive ketones (excluding diaryl/α,β-unsaturated/α-hetero) is 1. The summed E-state index contributed by atoms with van der Waals surface area (Å²) in [6.07, 6.45) is 5.00. The van der Waals surface area contributed by atoms with Gasteiger partial charge in [0.15, 0.2) is 6.61 Å². The van der Waals surface area contributed by atoms with Crippen molar-refractivity contribution >= 4 is 39.1 Å². The molecular formula is C33H33ClN4O4. The zero-order valence-corrected chi connectivity index (χ0v) is 24.5. The van der Waals surface area contributed by atoms with Gasteiger partial charge in [-0.25, -0.2) is 0 Å². The molecule has 42 heavy (non-hydrogen) atoms. The number of aryl methyl sites for hydroxylation is 1. The van der Waals surface area contributed by atoms with Gasteiger partial charge in [-0.3, -0.25) is 4.79 Å². The molecule has 0 bridgehead atoms. The van der Waals surface area contributed by atoms with Gasteiger partial charge in [-0.2, -0.15) is 5.10 Å². The quantitative estimate of drug-likeness (QED) is 0.199. The number of aliphatic hydroxyl groups is 1. The van der Waals surface area contributed by atoms with E-state index in [1.54, 1.807) is 18.3 Å². The molecule has 0 unspecified atom stereocenters. The predicted molar refractivity (Wildman–Crippen MR) is 164 cm³/mol. The van der Waals surface area contributed by atoms with Crippen LogP contribution in [0.1, 0.15) is 35.7 Å². The van der Waals surface area contributed by atoms with E-state index in [9.17, 15) is 9.90 Å². The summed E-state index contributed by atoms with van der Waals surface area (Å²) >= 11 is 6.15. The predicted octanol–water partition coefficient (Wildman–Crippen LogP) is 6.45. The van der Waals surface area contributed by atoms with E-state index in [0.29, 0.717) is 34.5 Å². The number of rotatable bonds is 9. The number of benzene rings is 3. The topological polar surface area (TPSA) is 89.7 Å². The van der Waals surface area contributed by atoms with Crippen molar-refractivity contribution in [2.75, 3.05) is 26.2 Å². The van der Waals surface area contributed by atoms with Gasteiger partial charge < -0.3 is 24.0 Å². The second kappa shape index (κ2) is 11.7. The molecule has 1 saturated heterocycles. The first-order valence-corrected chi connectivity index (χ1v) is 14.5. The molecule has 3 aromatic carbocycles. The van der Waals surface area contributed by atoms with Crippen molar-refractivity contribution in [3.8, 4) is 17.4 Å². The smallest absolute Gasteiger partial charge is 0.238 e. The van der Waals surface area contributed by atoms with E-state index in [4.69, 9.17) is 21.1 Å². The van der Waals surface area contributed by atoms with Crippen LogP contribution in [-0.2, 0) is 6.54 Å². The minimum absolute atomic E-state index is 0.0852. The number of piperidine rings is 1. The second-order valence-corrected chi connectivity index (χ2v) is 11.7. The number of carbonyl (C=O) groups is 1. The van der Waals surface area contributed by atoms with Crippen LogP contribution in [0, 0.1) is 6.92 Å². The Hall–Kier alpha value is -3.98. The molecule has 0 spiro atoms. The van der Waals surface area contributed by atoms with E-state index in [1.165, 1.54) is 0 Å². The van der Waals surface area contributed by atoms with Gasteiger partial charge in [0, 0.05) is 66.7 Å². The molecule has 2 aromatic heterocycles. The Kier molecular flexibility index (Phi) is 7.86. The number of hydrogen-bond acceptors (Lipinski definition) is 7. The number of nitrogens with zero attached hydrogens (tertiary/aromatic N) is 4. The van der Waals surface area contributed by atoms with Crippen LogP contribution in [-0.4, -0.2) is 62.4 Å². The van der Waals surface area contributed by atoms with Crippen molar-refractivity contribution in [3.05, 3.63) is 89.2 Å². The number of fused-ring (bicyclic) bond motifs is 2. The summed E-state index contributed by atoms with van der Waals surface area (Å²) < 4.78 is 14.1. The summed E-state index contributed by atoms with van der Waals surface area (Å²) in [5, 5.41) is 21.8. The van der Waals surface area contributed by atoms with E-state index in [-0.39, 0.29) is 12.4 Å². The van der Waals surface area contributed by atoms with Crippen molar-refractivity contribution in [1.82, 2.24) is 19.7 Å². The van der Waals surface area contributed by atoms with Gasteiger partial charge in [-0.1, -0.05) is 17.7 Å². The van der Waals surface area contributed by atoms with Gasteiger partial charge in [0.2, 0.25) is 11.7 Å². The van der Waals surface area contributed by atoms with E-state index in [0.717, 1.165) is 59.7 Å². The molecule has 1 N–H and O–H groups in total. The first-order chi connectivity index (χ1) is 20.2. The summed E-state index contributed by atoms with van der Waals surface area (Å²) in [5.41, 5.74) is 1.83. The molecule has 216 valence electrons. The average Bonchev–Trinajstić information content (AvgIpc) is 3.34. The highest BCUT2D eigenvalue weighted by Gasteiger charge is 2.27. The first-order valence-electron chi connectivity index (χ1n) is 14.1. The van der Waals surface area contributed by atoms with Crippen LogP contribution in [0.15, 0.2) is 73.1 Å². The molecule has 3 heterocycles. The van der Waals surface area contributed by atoms with Gasteiger partial charge in [-0.05, 0) is 85.5 Å². The Morgan fingerprint density at radius 2 is 1.88 bits per heavy atom. The molecule has 0 amide bonds. The van der Waals surface area contributed by atoms with Crippen molar-refractivity contribution in [2.45, 2.75) is 38.8 Å². The number of aromatic nitrogens is 3. The largest absolute Gasteiger partial charge is 0.485 e. The number of likely N-dealkylation sites (tertiary alicyclic amines) is 1. The van der Waals surface area contributed by atoms with Crippen LogP contribution in [0.3, 0.4) is 0 Å². The first kappa shape index (κ1) is 28.2. The van der Waals surface area contributed by atoms with Crippen LogP contribution in [0.4, 0.5) is 0 Å². The SMILES string of the molecule is Cc1cc2cc(Cl)ccc2cc1OCC(=O)c1cn(CCN2CCC(C)(O)CC2)c2cc(Oc3cccnn3)ccc12. The summed E-state index contributed by atoms with van der Waals surface area (Å²) in [4.78, 5) is 15.9. The van der Waals surface area contributed by atoms with Gasteiger partial charge >= 0.3 is 0 Å². The zero-order valence-electron chi connectivity index (χ0n) is 23.7. The Bertz CT molecular complexity index is 1740. The fourth-order valence-corrected chi connectivity index (χ4v) is 5.63. The Morgan fingerprint density at radius 3 is 2.67 bits per heavy atom. The van der Waals surface area contributed by atoms with E-state index < -0.39 is 5.60 Å². The number of hydrogen-bond donors (Lipinski definition) is 1. The Morgan fingerprint density at radius 1 is 1.05 bits per heavy atom. The third-order valence-electron chi connectivity index (χ3n) is 7.97. The lowest BCUT2D eigenvalue weighted by atomic mass is 9.94. The molecular weight excluding hydrogens is 552 g/mol. The highest BCUT2D eigenvalue weighted by atomic mass is 35.5. The third-order valence-corrected chi connectivity index (χ3v) is 8.20.